The predicted molar refractivity (Wildman–Crippen MR) is 106 cm³/mol. The predicted octanol–water partition coefficient (Wildman–Crippen LogP) is 2.84. The number of rotatable bonds is 5. The molecule has 2 heterocycles. The van der Waals surface area contributed by atoms with E-state index in [0.717, 1.165) is 12.8 Å². The van der Waals surface area contributed by atoms with E-state index >= 15 is 0 Å². The van der Waals surface area contributed by atoms with Gasteiger partial charge in [0.1, 0.15) is 10.7 Å². The van der Waals surface area contributed by atoms with Crippen molar-refractivity contribution in [1.82, 2.24) is 9.29 Å². The maximum absolute atomic E-state index is 12.8. The van der Waals surface area contributed by atoms with Gasteiger partial charge in [0.25, 0.3) is 5.91 Å². The van der Waals surface area contributed by atoms with Gasteiger partial charge in [-0.25, -0.2) is 13.4 Å². The van der Waals surface area contributed by atoms with Crippen LogP contribution in [0.15, 0.2) is 41.4 Å². The second-order valence-corrected chi connectivity index (χ2v) is 8.82. The third-order valence-corrected chi connectivity index (χ3v) is 6.72. The maximum atomic E-state index is 12.8. The number of hydrogen-bond acceptors (Lipinski definition) is 5. The fraction of sp³-hybridized carbons (Fsp3) is 0.333. The van der Waals surface area contributed by atoms with Crippen LogP contribution in [0.1, 0.15) is 23.2 Å². The minimum absolute atomic E-state index is 0.00701. The molecule has 0 unspecified atom stereocenters. The highest BCUT2D eigenvalue weighted by Gasteiger charge is 2.29. The molecule has 1 N–H and O–H groups in total. The zero-order valence-electron chi connectivity index (χ0n) is 15.1. The Balaban J connectivity index is 1.86. The molecule has 9 heteroatoms. The quantitative estimate of drug-likeness (QED) is 0.822. The first-order valence-corrected chi connectivity index (χ1v) is 10.4. The third-order valence-electron chi connectivity index (χ3n) is 4.34. The summed E-state index contributed by atoms with van der Waals surface area (Å²) in [6, 6.07) is 7.73. The number of carbonyl (C=O) groups excluding carboxylic acids is 1. The van der Waals surface area contributed by atoms with Gasteiger partial charge in [-0.2, -0.15) is 4.31 Å². The van der Waals surface area contributed by atoms with E-state index in [0.29, 0.717) is 30.2 Å². The number of anilines is 2. The first-order chi connectivity index (χ1) is 12.8. The van der Waals surface area contributed by atoms with Crippen molar-refractivity contribution in [2.45, 2.75) is 17.7 Å². The average molecular weight is 409 g/mol. The summed E-state index contributed by atoms with van der Waals surface area (Å²) in [5, 5.41) is 2.87. The molecule has 0 radical (unpaired) electrons. The molecule has 7 nitrogen and oxygen atoms in total. The van der Waals surface area contributed by atoms with Gasteiger partial charge in [0.2, 0.25) is 10.0 Å². The molecule has 0 aliphatic carbocycles. The number of amides is 1. The third kappa shape index (κ3) is 4.23. The van der Waals surface area contributed by atoms with Crippen LogP contribution in [0.4, 0.5) is 11.5 Å². The van der Waals surface area contributed by atoms with Crippen LogP contribution in [0.5, 0.6) is 0 Å². The molecule has 1 fully saturated rings. The molecule has 0 spiro atoms. The number of nitrogens with one attached hydrogen (secondary N) is 1. The summed E-state index contributed by atoms with van der Waals surface area (Å²) in [6.07, 6.45) is 3.22. The van der Waals surface area contributed by atoms with Crippen molar-refractivity contribution in [1.29, 1.82) is 0 Å². The minimum Gasteiger partial charge on any atom is -0.363 e. The molecule has 1 saturated heterocycles. The van der Waals surface area contributed by atoms with Gasteiger partial charge in [0.05, 0.1) is 5.02 Å². The van der Waals surface area contributed by atoms with Crippen molar-refractivity contribution < 1.29 is 13.2 Å². The average Bonchev–Trinajstić information content (AvgIpc) is 3.19. The molecule has 1 amide bonds. The number of pyridine rings is 1. The molecule has 1 aromatic heterocycles. The molecule has 0 bridgehead atoms. The molecule has 1 aliphatic rings. The van der Waals surface area contributed by atoms with Crippen LogP contribution in [0.3, 0.4) is 0 Å². The van der Waals surface area contributed by atoms with Gasteiger partial charge in [-0.15, -0.1) is 0 Å². The Bertz CT molecular complexity index is 957. The second-order valence-electron chi connectivity index (χ2n) is 6.51. The van der Waals surface area contributed by atoms with Crippen LogP contribution < -0.4 is 10.2 Å². The summed E-state index contributed by atoms with van der Waals surface area (Å²) in [5.74, 6) is 0.295. The number of nitrogens with zero attached hydrogens (tertiary/aromatic N) is 3. The number of halogens is 1. The highest BCUT2D eigenvalue weighted by atomic mass is 35.5. The Hall–Kier alpha value is -2.16. The van der Waals surface area contributed by atoms with E-state index in [1.165, 1.54) is 16.4 Å². The number of benzene rings is 1. The smallest absolute Gasteiger partial charge is 0.255 e. The lowest BCUT2D eigenvalue weighted by molar-refractivity contribution is 0.102. The Morgan fingerprint density at radius 1 is 1.19 bits per heavy atom. The second kappa shape index (κ2) is 7.84. The molecular weight excluding hydrogens is 388 g/mol. The summed E-state index contributed by atoms with van der Waals surface area (Å²) in [7, 11) is -0.0127. The van der Waals surface area contributed by atoms with Crippen molar-refractivity contribution in [3.8, 4) is 0 Å². The highest BCUT2D eigenvalue weighted by molar-refractivity contribution is 7.89. The van der Waals surface area contributed by atoms with Crippen molar-refractivity contribution >= 4 is 39.0 Å². The summed E-state index contributed by atoms with van der Waals surface area (Å²) in [4.78, 5) is 18.5. The lowest BCUT2D eigenvalue weighted by Gasteiger charge is -2.17. The van der Waals surface area contributed by atoms with Crippen molar-refractivity contribution in [2.24, 2.45) is 0 Å². The standard InChI is InChI=1S/C18H21ClN4O3S/c1-22(2)17-11-13(7-8-20-17)18(24)21-14-5-6-15(19)16(12-14)27(25,26)23-9-3-4-10-23/h5-8,11-12H,3-4,9-10H2,1-2H3,(H,21,24). The SMILES string of the molecule is CN(C)c1cc(C(=O)Nc2ccc(Cl)c(S(=O)(=O)N3CCCC3)c2)ccn1. The van der Waals surface area contributed by atoms with Crippen LogP contribution in [0.25, 0.3) is 0 Å². The molecule has 3 rings (SSSR count). The summed E-state index contributed by atoms with van der Waals surface area (Å²) in [6.45, 7) is 0.971. The Morgan fingerprint density at radius 3 is 2.56 bits per heavy atom. The number of hydrogen-bond donors (Lipinski definition) is 1. The van der Waals surface area contributed by atoms with Gasteiger partial charge >= 0.3 is 0 Å². The van der Waals surface area contributed by atoms with Crippen molar-refractivity contribution in [3.05, 3.63) is 47.1 Å². The van der Waals surface area contributed by atoms with Gasteiger partial charge in [-0.05, 0) is 43.2 Å². The van der Waals surface area contributed by atoms with Gasteiger partial charge < -0.3 is 10.2 Å². The first-order valence-electron chi connectivity index (χ1n) is 8.53. The van der Waals surface area contributed by atoms with Crippen LogP contribution in [0.2, 0.25) is 5.02 Å². The maximum Gasteiger partial charge on any atom is 0.255 e. The van der Waals surface area contributed by atoms with E-state index in [2.05, 4.69) is 10.3 Å². The largest absolute Gasteiger partial charge is 0.363 e. The summed E-state index contributed by atoms with van der Waals surface area (Å²) < 4.78 is 27.0. The molecule has 27 heavy (non-hydrogen) atoms. The fourth-order valence-electron chi connectivity index (χ4n) is 2.85. The van der Waals surface area contributed by atoms with E-state index in [1.807, 2.05) is 14.1 Å². The van der Waals surface area contributed by atoms with Crippen LogP contribution in [-0.4, -0.2) is 50.8 Å². The lowest BCUT2D eigenvalue weighted by Crippen LogP contribution is -2.28. The normalized spacial score (nSPS) is 14.9. The number of sulfonamides is 1. The topological polar surface area (TPSA) is 82.6 Å². The molecule has 1 aliphatic heterocycles. The first kappa shape index (κ1) is 19.6. The Labute approximate surface area is 164 Å². The van der Waals surface area contributed by atoms with Gasteiger partial charge in [-0.1, -0.05) is 11.6 Å². The Kier molecular flexibility index (Phi) is 5.69. The van der Waals surface area contributed by atoms with E-state index in [-0.39, 0.29) is 15.8 Å². The van der Waals surface area contributed by atoms with Gasteiger partial charge in [-0.3, -0.25) is 4.79 Å². The zero-order valence-corrected chi connectivity index (χ0v) is 16.7. The summed E-state index contributed by atoms with van der Waals surface area (Å²) >= 11 is 6.14. The minimum atomic E-state index is -3.68. The monoisotopic (exact) mass is 408 g/mol. The van der Waals surface area contributed by atoms with Crippen LogP contribution in [-0.2, 0) is 10.0 Å². The van der Waals surface area contributed by atoms with E-state index in [9.17, 15) is 13.2 Å². The van der Waals surface area contributed by atoms with E-state index in [4.69, 9.17) is 11.6 Å². The molecule has 0 atom stereocenters. The van der Waals surface area contributed by atoms with Crippen LogP contribution >= 0.6 is 11.6 Å². The van der Waals surface area contributed by atoms with Crippen molar-refractivity contribution in [3.63, 3.8) is 0 Å². The van der Waals surface area contributed by atoms with Gasteiger partial charge in [0.15, 0.2) is 0 Å². The fourth-order valence-corrected chi connectivity index (χ4v) is 4.87. The molecular formula is C18H21ClN4O3S. The van der Waals surface area contributed by atoms with E-state index in [1.54, 1.807) is 29.3 Å². The van der Waals surface area contributed by atoms with E-state index < -0.39 is 10.0 Å². The lowest BCUT2D eigenvalue weighted by atomic mass is 10.2. The number of carbonyl (C=O) groups is 1. The molecule has 144 valence electrons. The Morgan fingerprint density at radius 2 is 1.89 bits per heavy atom. The molecule has 1 aromatic carbocycles. The zero-order chi connectivity index (χ0) is 19.6. The summed E-state index contributed by atoms with van der Waals surface area (Å²) in [5.41, 5.74) is 0.790. The van der Waals surface area contributed by atoms with Crippen LogP contribution in [0, 0.1) is 0 Å². The molecule has 2 aromatic rings. The van der Waals surface area contributed by atoms with Crippen molar-refractivity contribution in [2.75, 3.05) is 37.4 Å². The molecule has 0 saturated carbocycles. The van der Waals surface area contributed by atoms with Gasteiger partial charge in [0, 0.05) is 44.6 Å². The number of aromatic nitrogens is 1. The highest BCUT2D eigenvalue weighted by Crippen LogP contribution is 2.29.